The number of hydrogen-bond donors (Lipinski definition) is 1. The lowest BCUT2D eigenvalue weighted by atomic mass is 10.1. The molecule has 1 aromatic heterocycles. The van der Waals surface area contributed by atoms with Gasteiger partial charge >= 0.3 is 17.9 Å². The molecule has 1 N–H and O–H groups in total. The molecule has 0 amide bonds. The van der Waals surface area contributed by atoms with Crippen molar-refractivity contribution >= 4 is 69.7 Å². The number of hydrogen-bond acceptors (Lipinski definition) is 9. The molecule has 34 heavy (non-hydrogen) atoms. The lowest BCUT2D eigenvalue weighted by Gasteiger charge is -2.25. The van der Waals surface area contributed by atoms with Crippen LogP contribution in [0, 0.1) is 0 Å². The molecule has 1 saturated heterocycles. The van der Waals surface area contributed by atoms with E-state index >= 15 is 0 Å². The highest BCUT2D eigenvalue weighted by Crippen LogP contribution is 2.43. The lowest BCUT2D eigenvalue weighted by molar-refractivity contribution is -0.166. The van der Waals surface area contributed by atoms with Gasteiger partial charge in [-0.15, -0.1) is 0 Å². The summed E-state index contributed by atoms with van der Waals surface area (Å²) in [5, 5.41) is 3.63. The molecule has 0 saturated carbocycles. The van der Waals surface area contributed by atoms with Crippen molar-refractivity contribution < 1.29 is 33.3 Å². The largest absolute Gasteiger partial charge is 0.463 e. The second-order valence-corrected chi connectivity index (χ2v) is 9.14. The summed E-state index contributed by atoms with van der Waals surface area (Å²) < 4.78 is 23.8. The zero-order valence-corrected chi connectivity index (χ0v) is 21.3. The van der Waals surface area contributed by atoms with Gasteiger partial charge in [-0.1, -0.05) is 34.8 Å². The number of carbonyl (C=O) groups is 3. The Kier molecular flexibility index (Phi) is 8.18. The molecule has 1 aliphatic heterocycles. The highest BCUT2D eigenvalue weighted by molar-refractivity contribution is 6.50. The van der Waals surface area contributed by atoms with Crippen molar-refractivity contribution in [2.45, 2.75) is 65.2 Å². The number of anilines is 1. The maximum absolute atomic E-state index is 12.0. The van der Waals surface area contributed by atoms with Crippen molar-refractivity contribution in [1.82, 2.24) is 9.55 Å². The summed E-state index contributed by atoms with van der Waals surface area (Å²) in [6, 6.07) is 1.49. The third kappa shape index (κ3) is 5.51. The molecule has 0 unspecified atom stereocenters. The van der Waals surface area contributed by atoms with Crippen LogP contribution in [0.25, 0.3) is 11.0 Å². The third-order valence-corrected chi connectivity index (χ3v) is 6.09. The van der Waals surface area contributed by atoms with Crippen molar-refractivity contribution in [1.29, 1.82) is 0 Å². The van der Waals surface area contributed by atoms with Crippen molar-refractivity contribution in [3.63, 3.8) is 0 Å². The zero-order valence-electron chi connectivity index (χ0n) is 19.1. The number of fused-ring (bicyclic) bond motifs is 1. The topological polar surface area (TPSA) is 118 Å². The van der Waals surface area contributed by atoms with Gasteiger partial charge in [0.1, 0.15) is 18.2 Å². The van der Waals surface area contributed by atoms with Crippen LogP contribution in [-0.2, 0) is 33.3 Å². The van der Waals surface area contributed by atoms with Crippen LogP contribution in [0.3, 0.4) is 0 Å². The fourth-order valence-electron chi connectivity index (χ4n) is 3.66. The molecule has 186 valence electrons. The second kappa shape index (κ2) is 10.6. The summed E-state index contributed by atoms with van der Waals surface area (Å²) >= 11 is 18.9. The van der Waals surface area contributed by atoms with Crippen LogP contribution in [0.5, 0.6) is 0 Å². The number of nitrogens with one attached hydrogen (secondary N) is 1. The van der Waals surface area contributed by atoms with Gasteiger partial charge in [0.2, 0.25) is 5.95 Å². The standard InChI is InChI=1S/C21H24Cl3N3O7/c1-8(2)25-21-26-17-13(6-12(22)15(23)16(17)24)27(21)20-19(33-11(5)30)18(32-10(4)29)14(34-20)7-31-9(3)28/h6,8,14,18-20H,7H2,1-5H3,(H,25,26)/t14-,18-,19-,20-/m0/s1. The molecule has 13 heteroatoms. The predicted molar refractivity (Wildman–Crippen MR) is 125 cm³/mol. The fraction of sp³-hybridized carbons (Fsp3) is 0.524. The molecule has 2 aromatic rings. The number of esters is 3. The summed E-state index contributed by atoms with van der Waals surface area (Å²) in [5.74, 6) is -1.50. The molecule has 1 aliphatic rings. The van der Waals surface area contributed by atoms with E-state index in [0.717, 1.165) is 0 Å². The van der Waals surface area contributed by atoms with Gasteiger partial charge in [-0.3, -0.25) is 19.0 Å². The first-order valence-corrected chi connectivity index (χ1v) is 11.5. The molecule has 0 radical (unpaired) electrons. The highest BCUT2D eigenvalue weighted by atomic mass is 35.5. The number of rotatable bonds is 7. The monoisotopic (exact) mass is 535 g/mol. The van der Waals surface area contributed by atoms with E-state index in [-0.39, 0.29) is 27.7 Å². The number of benzene rings is 1. The minimum Gasteiger partial charge on any atom is -0.463 e. The summed E-state index contributed by atoms with van der Waals surface area (Å²) in [6.07, 6.45) is -4.17. The number of carbonyl (C=O) groups excluding carboxylic acids is 3. The number of halogens is 3. The Hall–Kier alpha value is -2.27. The molecule has 1 fully saturated rings. The van der Waals surface area contributed by atoms with Gasteiger partial charge in [0.25, 0.3) is 0 Å². The summed E-state index contributed by atoms with van der Waals surface area (Å²) in [5.41, 5.74) is 0.760. The molecule has 10 nitrogen and oxygen atoms in total. The lowest BCUT2D eigenvalue weighted by Crippen LogP contribution is -2.40. The highest BCUT2D eigenvalue weighted by Gasteiger charge is 2.51. The molecular weight excluding hydrogens is 513 g/mol. The van der Waals surface area contributed by atoms with Crippen LogP contribution < -0.4 is 5.32 Å². The van der Waals surface area contributed by atoms with Gasteiger partial charge in [0, 0.05) is 26.8 Å². The van der Waals surface area contributed by atoms with Crippen molar-refractivity contribution in [3.05, 3.63) is 21.1 Å². The van der Waals surface area contributed by atoms with Gasteiger partial charge in [-0.2, -0.15) is 0 Å². The molecule has 3 rings (SSSR count). The van der Waals surface area contributed by atoms with Crippen LogP contribution >= 0.6 is 34.8 Å². The third-order valence-electron chi connectivity index (χ3n) is 4.83. The fourth-order valence-corrected chi connectivity index (χ4v) is 4.29. The minimum absolute atomic E-state index is 0.0602. The van der Waals surface area contributed by atoms with E-state index in [1.165, 1.54) is 20.8 Å². The molecule has 0 bridgehead atoms. The van der Waals surface area contributed by atoms with Crippen LogP contribution in [0.15, 0.2) is 6.07 Å². The van der Waals surface area contributed by atoms with Crippen LogP contribution in [0.1, 0.15) is 40.8 Å². The SMILES string of the molecule is CC(=O)OC[C@@H]1O[C@H](n2c(NC(C)C)nc3c(Cl)c(Cl)c(Cl)cc32)[C@@H](OC(C)=O)[C@H]1OC(C)=O. The Balaban J connectivity index is 2.20. The van der Waals surface area contributed by atoms with E-state index in [0.29, 0.717) is 17.0 Å². The van der Waals surface area contributed by atoms with E-state index in [4.69, 9.17) is 53.8 Å². The van der Waals surface area contributed by atoms with Gasteiger partial charge in [-0.05, 0) is 19.9 Å². The molecule has 1 aromatic carbocycles. The maximum Gasteiger partial charge on any atom is 0.303 e. The molecule has 2 heterocycles. The Morgan fingerprint density at radius 2 is 1.68 bits per heavy atom. The van der Waals surface area contributed by atoms with Crippen LogP contribution in [0.4, 0.5) is 5.95 Å². The zero-order chi connectivity index (χ0) is 25.3. The number of ether oxygens (including phenoxy) is 4. The van der Waals surface area contributed by atoms with Gasteiger partial charge in [0.15, 0.2) is 18.4 Å². The van der Waals surface area contributed by atoms with E-state index in [2.05, 4.69) is 10.3 Å². The van der Waals surface area contributed by atoms with E-state index < -0.39 is 42.4 Å². The Morgan fingerprint density at radius 3 is 2.24 bits per heavy atom. The van der Waals surface area contributed by atoms with Gasteiger partial charge < -0.3 is 24.3 Å². The Bertz CT molecular complexity index is 1120. The van der Waals surface area contributed by atoms with Gasteiger partial charge in [-0.25, -0.2) is 4.98 Å². The second-order valence-electron chi connectivity index (χ2n) is 7.97. The first kappa shape index (κ1) is 26.3. The van der Waals surface area contributed by atoms with Gasteiger partial charge in [0.05, 0.1) is 20.6 Å². The smallest absolute Gasteiger partial charge is 0.303 e. The molecular formula is C21H24Cl3N3O7. The van der Waals surface area contributed by atoms with Crippen molar-refractivity contribution in [3.8, 4) is 0 Å². The Morgan fingerprint density at radius 1 is 1.06 bits per heavy atom. The number of imidazole rings is 1. The van der Waals surface area contributed by atoms with Crippen LogP contribution in [-0.4, -0.2) is 58.4 Å². The first-order valence-electron chi connectivity index (χ1n) is 10.4. The minimum atomic E-state index is -1.11. The van der Waals surface area contributed by atoms with Crippen molar-refractivity contribution in [2.24, 2.45) is 0 Å². The molecule has 0 aliphatic carbocycles. The molecule has 4 atom stereocenters. The van der Waals surface area contributed by atoms with E-state index in [1.54, 1.807) is 10.6 Å². The summed E-state index contributed by atoms with van der Waals surface area (Å²) in [4.78, 5) is 39.8. The summed E-state index contributed by atoms with van der Waals surface area (Å²) in [6.45, 7) is 7.22. The Labute approximate surface area is 210 Å². The van der Waals surface area contributed by atoms with Crippen molar-refractivity contribution in [2.75, 3.05) is 11.9 Å². The predicted octanol–water partition coefficient (Wildman–Crippen LogP) is 4.14. The average Bonchev–Trinajstić information content (AvgIpc) is 3.21. The van der Waals surface area contributed by atoms with E-state index in [9.17, 15) is 14.4 Å². The van der Waals surface area contributed by atoms with Crippen LogP contribution in [0.2, 0.25) is 15.1 Å². The maximum atomic E-state index is 12.0. The quantitative estimate of drug-likeness (QED) is 0.316. The normalized spacial score (nSPS) is 22.1. The summed E-state index contributed by atoms with van der Waals surface area (Å²) in [7, 11) is 0. The molecule has 0 spiro atoms. The number of nitrogens with zero attached hydrogens (tertiary/aromatic N) is 2. The first-order chi connectivity index (χ1) is 15.9. The number of aromatic nitrogens is 2. The average molecular weight is 537 g/mol. The van der Waals surface area contributed by atoms with E-state index in [1.807, 2.05) is 13.8 Å².